The molecule has 0 spiro atoms. The summed E-state index contributed by atoms with van der Waals surface area (Å²) in [5.41, 5.74) is 0.846. The summed E-state index contributed by atoms with van der Waals surface area (Å²) >= 11 is 0. The first-order valence-electron chi connectivity index (χ1n) is 9.36. The van der Waals surface area contributed by atoms with Gasteiger partial charge in [0.25, 0.3) is 0 Å². The molecule has 3 rings (SSSR count). The highest BCUT2D eigenvalue weighted by Gasteiger charge is 2.22. The summed E-state index contributed by atoms with van der Waals surface area (Å²) in [4.78, 5) is 25.3. The Morgan fingerprint density at radius 3 is 1.50 bits per heavy atom. The van der Waals surface area contributed by atoms with E-state index in [1.165, 1.54) is 31.4 Å². The third-order valence-corrected chi connectivity index (χ3v) is 4.83. The van der Waals surface area contributed by atoms with Crippen LogP contribution in [-0.2, 0) is 12.8 Å². The lowest BCUT2D eigenvalue weighted by Gasteiger charge is -2.10. The molecule has 0 atom stereocenters. The highest BCUT2D eigenvalue weighted by atomic mass is 16.5. The molecule has 0 amide bonds. The Morgan fingerprint density at radius 1 is 0.625 bits per heavy atom. The number of carbonyl (C=O) groups is 2. The number of aryl methyl sites for hydroxylation is 2. The molecule has 166 valence electrons. The number of carbonyl (C=O) groups excluding carboxylic acids is 2. The Kier molecular flexibility index (Phi) is 6.10. The van der Waals surface area contributed by atoms with Crippen molar-refractivity contribution >= 4 is 11.6 Å². The molecule has 0 aliphatic rings. The maximum absolute atomic E-state index is 12.7. The van der Waals surface area contributed by atoms with Gasteiger partial charge in [-0.2, -0.15) is 0 Å². The van der Waals surface area contributed by atoms with Gasteiger partial charge in [-0.1, -0.05) is 0 Å². The Hall–Kier alpha value is -4.40. The van der Waals surface area contributed by atoms with E-state index >= 15 is 0 Å². The molecule has 9 nitrogen and oxygen atoms in total. The summed E-state index contributed by atoms with van der Waals surface area (Å²) in [6.45, 7) is 0. The van der Waals surface area contributed by atoms with Crippen molar-refractivity contribution in [3.8, 4) is 40.2 Å². The van der Waals surface area contributed by atoms with Gasteiger partial charge in [0.1, 0.15) is 5.75 Å². The van der Waals surface area contributed by atoms with Crippen LogP contribution in [0.1, 0.15) is 31.8 Å². The van der Waals surface area contributed by atoms with Gasteiger partial charge in [-0.15, -0.1) is 0 Å². The lowest BCUT2D eigenvalue weighted by Crippen LogP contribution is -2.15. The third kappa shape index (κ3) is 4.51. The molecule has 0 aliphatic carbocycles. The standard InChI is InChI=1S/C23H20O9/c1-32-15-5-11(2-3-12-6-16(24)22(30)17(25)7-12)4-13(8-15)20(28)21(29)14-9-18(26)23(31)19(27)10-14/h4-10,24-27,30-31H,2-3H2,1H3. The molecule has 9 heteroatoms. The second-order valence-electron chi connectivity index (χ2n) is 7.07. The summed E-state index contributed by atoms with van der Waals surface area (Å²) in [5, 5.41) is 57.3. The van der Waals surface area contributed by atoms with E-state index in [1.807, 2.05) is 0 Å². The van der Waals surface area contributed by atoms with Crippen LogP contribution in [0.2, 0.25) is 0 Å². The van der Waals surface area contributed by atoms with Crippen molar-refractivity contribution in [3.05, 3.63) is 64.7 Å². The second kappa shape index (κ2) is 8.76. The normalized spacial score (nSPS) is 10.7. The summed E-state index contributed by atoms with van der Waals surface area (Å²) in [5.74, 6) is -5.46. The van der Waals surface area contributed by atoms with E-state index in [2.05, 4.69) is 0 Å². The molecule has 0 aromatic heterocycles. The van der Waals surface area contributed by atoms with Gasteiger partial charge in [0.05, 0.1) is 7.11 Å². The van der Waals surface area contributed by atoms with Crippen molar-refractivity contribution in [2.45, 2.75) is 12.8 Å². The van der Waals surface area contributed by atoms with Crippen LogP contribution in [0.3, 0.4) is 0 Å². The number of hydrogen-bond acceptors (Lipinski definition) is 9. The van der Waals surface area contributed by atoms with Crippen molar-refractivity contribution in [2.75, 3.05) is 7.11 Å². The van der Waals surface area contributed by atoms with E-state index in [1.54, 1.807) is 6.07 Å². The van der Waals surface area contributed by atoms with Gasteiger partial charge in [0, 0.05) is 11.1 Å². The number of methoxy groups -OCH3 is 1. The van der Waals surface area contributed by atoms with Gasteiger partial charge in [0.15, 0.2) is 34.5 Å². The van der Waals surface area contributed by atoms with Gasteiger partial charge < -0.3 is 35.4 Å². The number of phenolic OH excluding ortho intramolecular Hbond substituents is 6. The second-order valence-corrected chi connectivity index (χ2v) is 7.07. The molecular formula is C23H20O9. The van der Waals surface area contributed by atoms with Crippen molar-refractivity contribution in [1.82, 2.24) is 0 Å². The first kappa shape index (κ1) is 22.3. The molecular weight excluding hydrogens is 420 g/mol. The Bertz CT molecular complexity index is 1170. The van der Waals surface area contributed by atoms with Gasteiger partial charge >= 0.3 is 0 Å². The van der Waals surface area contributed by atoms with Crippen molar-refractivity contribution in [2.24, 2.45) is 0 Å². The first-order valence-corrected chi connectivity index (χ1v) is 9.36. The molecule has 0 saturated carbocycles. The SMILES string of the molecule is COc1cc(CCc2cc(O)c(O)c(O)c2)cc(C(=O)C(=O)c2cc(O)c(O)c(O)c2)c1. The van der Waals surface area contributed by atoms with Crippen LogP contribution >= 0.6 is 0 Å². The number of phenols is 6. The lowest BCUT2D eigenvalue weighted by atomic mass is 9.96. The fourth-order valence-corrected chi connectivity index (χ4v) is 3.15. The molecule has 0 fully saturated rings. The molecule has 3 aromatic carbocycles. The van der Waals surface area contributed by atoms with Gasteiger partial charge in [-0.25, -0.2) is 0 Å². The largest absolute Gasteiger partial charge is 0.504 e. The topological polar surface area (TPSA) is 165 Å². The molecule has 0 saturated heterocycles. The Labute approximate surface area is 182 Å². The number of ether oxygens (including phenoxy) is 1. The number of Topliss-reactive ketones (excluding diaryl/α,β-unsaturated/α-hetero) is 2. The van der Waals surface area contributed by atoms with E-state index in [0.29, 0.717) is 29.7 Å². The Morgan fingerprint density at radius 2 is 1.03 bits per heavy atom. The van der Waals surface area contributed by atoms with Crippen LogP contribution in [0.15, 0.2) is 42.5 Å². The minimum atomic E-state index is -1.01. The number of aromatic hydroxyl groups is 6. The smallest absolute Gasteiger partial charge is 0.233 e. The molecule has 0 heterocycles. The average molecular weight is 440 g/mol. The van der Waals surface area contributed by atoms with E-state index in [-0.39, 0.29) is 11.1 Å². The first-order chi connectivity index (χ1) is 15.1. The van der Waals surface area contributed by atoms with Crippen LogP contribution in [0.4, 0.5) is 0 Å². The van der Waals surface area contributed by atoms with Gasteiger partial charge in [0.2, 0.25) is 11.6 Å². The van der Waals surface area contributed by atoms with Crippen molar-refractivity contribution in [3.63, 3.8) is 0 Å². The summed E-state index contributed by atoms with van der Waals surface area (Å²) in [6.07, 6.45) is 0.673. The zero-order chi connectivity index (χ0) is 23.6. The van der Waals surface area contributed by atoms with Crippen molar-refractivity contribution < 1.29 is 45.0 Å². The van der Waals surface area contributed by atoms with E-state index in [4.69, 9.17) is 4.74 Å². The predicted octanol–water partition coefficient (Wildman–Crippen LogP) is 2.78. The zero-order valence-electron chi connectivity index (χ0n) is 16.9. The molecule has 0 radical (unpaired) electrons. The maximum atomic E-state index is 12.7. The van der Waals surface area contributed by atoms with E-state index in [9.17, 15) is 40.2 Å². The fourth-order valence-electron chi connectivity index (χ4n) is 3.15. The van der Waals surface area contributed by atoms with E-state index < -0.39 is 46.1 Å². The molecule has 0 unspecified atom stereocenters. The Balaban J connectivity index is 1.87. The number of rotatable bonds is 7. The van der Waals surface area contributed by atoms with Crippen molar-refractivity contribution in [1.29, 1.82) is 0 Å². The van der Waals surface area contributed by atoms with Crippen LogP contribution in [0.5, 0.6) is 40.2 Å². The highest BCUT2D eigenvalue weighted by Crippen LogP contribution is 2.37. The van der Waals surface area contributed by atoms with E-state index in [0.717, 1.165) is 12.1 Å². The molecule has 0 bridgehead atoms. The minimum absolute atomic E-state index is 0.00723. The van der Waals surface area contributed by atoms with Crippen LogP contribution < -0.4 is 4.74 Å². The fraction of sp³-hybridized carbons (Fsp3) is 0.130. The number of hydrogen-bond donors (Lipinski definition) is 6. The molecule has 6 N–H and O–H groups in total. The minimum Gasteiger partial charge on any atom is -0.504 e. The summed E-state index contributed by atoms with van der Waals surface area (Å²) in [7, 11) is 1.39. The number of ketones is 2. The summed E-state index contributed by atoms with van der Waals surface area (Å²) < 4.78 is 5.20. The molecule has 0 aliphatic heterocycles. The molecule has 32 heavy (non-hydrogen) atoms. The zero-order valence-corrected chi connectivity index (χ0v) is 16.9. The third-order valence-electron chi connectivity index (χ3n) is 4.83. The monoisotopic (exact) mass is 440 g/mol. The average Bonchev–Trinajstić information content (AvgIpc) is 2.77. The van der Waals surface area contributed by atoms with Crippen LogP contribution in [0, 0.1) is 0 Å². The maximum Gasteiger partial charge on any atom is 0.233 e. The van der Waals surface area contributed by atoms with Gasteiger partial charge in [-0.3, -0.25) is 9.59 Å². The molecule has 3 aromatic rings. The van der Waals surface area contributed by atoms with Crippen LogP contribution in [0.25, 0.3) is 0 Å². The predicted molar refractivity (Wildman–Crippen MR) is 112 cm³/mol. The highest BCUT2D eigenvalue weighted by molar-refractivity contribution is 6.49. The quantitative estimate of drug-likeness (QED) is 0.184. The van der Waals surface area contributed by atoms with Crippen LogP contribution in [-0.4, -0.2) is 49.3 Å². The number of benzene rings is 3. The summed E-state index contributed by atoms with van der Waals surface area (Å²) in [6, 6.07) is 8.84. The van der Waals surface area contributed by atoms with Gasteiger partial charge in [-0.05, 0) is 66.4 Å². The lowest BCUT2D eigenvalue weighted by molar-refractivity contribution is 0.0816.